The largest absolute Gasteiger partial charge is 0.492 e. The van der Waals surface area contributed by atoms with Gasteiger partial charge in [0, 0.05) is 37.8 Å². The van der Waals surface area contributed by atoms with Crippen LogP contribution in [0.3, 0.4) is 0 Å². The van der Waals surface area contributed by atoms with Gasteiger partial charge in [-0.25, -0.2) is 0 Å². The van der Waals surface area contributed by atoms with Crippen LogP contribution in [-0.2, 0) is 22.7 Å². The molecule has 5 rings (SSSR count). The number of aliphatic hydroxyl groups is 1. The third-order valence-electron chi connectivity index (χ3n) is 7.59. The van der Waals surface area contributed by atoms with E-state index in [9.17, 15) is 15.0 Å². The van der Waals surface area contributed by atoms with E-state index in [1.165, 1.54) is 0 Å². The molecule has 2 heterocycles. The smallest absolute Gasteiger partial charge is 0.323 e. The fourth-order valence-corrected chi connectivity index (χ4v) is 5.29. The van der Waals surface area contributed by atoms with E-state index in [0.717, 1.165) is 53.4 Å². The van der Waals surface area contributed by atoms with Gasteiger partial charge in [0.25, 0.3) is 0 Å². The number of benzene rings is 3. The lowest BCUT2D eigenvalue weighted by Crippen LogP contribution is -2.39. The summed E-state index contributed by atoms with van der Waals surface area (Å²) in [6, 6.07) is 14.4. The van der Waals surface area contributed by atoms with Gasteiger partial charge < -0.3 is 33.9 Å². The number of ether oxygens (including phenoxy) is 5. The van der Waals surface area contributed by atoms with E-state index in [1.807, 2.05) is 30.3 Å². The van der Waals surface area contributed by atoms with Crippen LogP contribution in [0.2, 0.25) is 5.02 Å². The number of aliphatic carboxylic acids is 1. The van der Waals surface area contributed by atoms with Crippen LogP contribution >= 0.6 is 11.6 Å². The molecule has 1 fully saturated rings. The summed E-state index contributed by atoms with van der Waals surface area (Å²) in [5.74, 6) is 1.33. The maximum atomic E-state index is 11.4. The average Bonchev–Trinajstić information content (AvgIpc) is 3.02. The SMILES string of the molecule is Cc1c(COc2cc(OCCN3CCOCC3)c(CNC(CO)C(=O)O)cc2Cl)cccc1-c1ccc2c(c1)OCCO2. The molecule has 10 nitrogen and oxygen atoms in total. The van der Waals surface area contributed by atoms with E-state index in [4.69, 9.17) is 35.3 Å². The van der Waals surface area contributed by atoms with Crippen molar-refractivity contribution in [2.24, 2.45) is 0 Å². The van der Waals surface area contributed by atoms with Crippen molar-refractivity contribution in [2.45, 2.75) is 26.1 Å². The number of fused-ring (bicyclic) bond motifs is 1. The highest BCUT2D eigenvalue weighted by atomic mass is 35.5. The summed E-state index contributed by atoms with van der Waals surface area (Å²) >= 11 is 6.65. The molecule has 11 heteroatoms. The fourth-order valence-electron chi connectivity index (χ4n) is 5.05. The molecule has 0 amide bonds. The quantitative estimate of drug-likeness (QED) is 0.262. The molecule has 3 N–H and O–H groups in total. The molecule has 43 heavy (non-hydrogen) atoms. The topological polar surface area (TPSA) is 119 Å². The van der Waals surface area contributed by atoms with Gasteiger partial charge in [-0.05, 0) is 47.4 Å². The zero-order valence-electron chi connectivity index (χ0n) is 24.1. The molecule has 0 aliphatic carbocycles. The summed E-state index contributed by atoms with van der Waals surface area (Å²) in [5.41, 5.74) is 4.82. The van der Waals surface area contributed by atoms with Gasteiger partial charge in [-0.15, -0.1) is 0 Å². The number of carboxylic acids is 1. The third kappa shape index (κ3) is 7.90. The lowest BCUT2D eigenvalue weighted by molar-refractivity contribution is -0.140. The minimum atomic E-state index is -1.14. The van der Waals surface area contributed by atoms with Crippen molar-refractivity contribution >= 4 is 17.6 Å². The van der Waals surface area contributed by atoms with Gasteiger partial charge in [0.2, 0.25) is 0 Å². The first-order chi connectivity index (χ1) is 20.9. The second-order valence-electron chi connectivity index (χ2n) is 10.4. The molecule has 2 aliphatic rings. The van der Waals surface area contributed by atoms with Gasteiger partial charge in [0.05, 0.1) is 24.8 Å². The van der Waals surface area contributed by atoms with Gasteiger partial charge in [0.1, 0.15) is 44.0 Å². The van der Waals surface area contributed by atoms with Crippen molar-refractivity contribution in [3.05, 3.63) is 70.2 Å². The molecule has 0 saturated carbocycles. The minimum Gasteiger partial charge on any atom is -0.492 e. The predicted molar refractivity (Wildman–Crippen MR) is 161 cm³/mol. The molecule has 0 spiro atoms. The number of halogens is 1. The number of carbonyl (C=O) groups is 1. The van der Waals surface area contributed by atoms with Gasteiger partial charge in [-0.1, -0.05) is 35.9 Å². The Morgan fingerprint density at radius 2 is 1.79 bits per heavy atom. The number of hydrogen-bond donors (Lipinski definition) is 3. The second kappa shape index (κ2) is 14.8. The van der Waals surface area contributed by atoms with E-state index in [0.29, 0.717) is 55.1 Å². The molecule has 1 atom stereocenters. The third-order valence-corrected chi connectivity index (χ3v) is 7.88. The number of nitrogens with one attached hydrogen (secondary N) is 1. The van der Waals surface area contributed by atoms with Crippen LogP contribution in [0.4, 0.5) is 0 Å². The summed E-state index contributed by atoms with van der Waals surface area (Å²) < 4.78 is 29.3. The number of rotatable bonds is 13. The number of nitrogens with zero attached hydrogens (tertiary/aromatic N) is 1. The molecule has 0 aromatic heterocycles. The Morgan fingerprint density at radius 1 is 1.00 bits per heavy atom. The number of carboxylic acid groups (broad SMARTS) is 1. The number of hydrogen-bond acceptors (Lipinski definition) is 9. The molecule has 3 aromatic carbocycles. The van der Waals surface area contributed by atoms with Crippen LogP contribution in [0.5, 0.6) is 23.0 Å². The van der Waals surface area contributed by atoms with Crippen LogP contribution in [-0.4, -0.2) is 86.4 Å². The predicted octanol–water partition coefficient (Wildman–Crippen LogP) is 3.91. The standard InChI is InChI=1S/C32H37ClN2O8/c1-21-23(3-2-4-25(21)22-5-6-28-31(16-22)42-14-13-41-28)20-43-30-17-29(40-12-9-35-7-10-39-11-8-35)24(15-26(30)33)18-34-27(19-36)32(37)38/h2-6,15-17,27,34,36H,7-14,18-20H2,1H3,(H,37,38). The van der Waals surface area contributed by atoms with E-state index in [-0.39, 0.29) is 13.2 Å². The number of aliphatic hydroxyl groups excluding tert-OH is 1. The molecule has 1 unspecified atom stereocenters. The molecular formula is C32H37ClN2O8. The lowest BCUT2D eigenvalue weighted by atomic mass is 9.96. The Bertz CT molecular complexity index is 1410. The zero-order chi connectivity index (χ0) is 30.2. The first-order valence-electron chi connectivity index (χ1n) is 14.4. The van der Waals surface area contributed by atoms with Crippen LogP contribution in [0.15, 0.2) is 48.5 Å². The van der Waals surface area contributed by atoms with Crippen molar-refractivity contribution in [1.29, 1.82) is 0 Å². The maximum Gasteiger partial charge on any atom is 0.323 e. The molecule has 230 valence electrons. The second-order valence-corrected chi connectivity index (χ2v) is 10.8. The van der Waals surface area contributed by atoms with E-state index >= 15 is 0 Å². The molecule has 3 aromatic rings. The monoisotopic (exact) mass is 612 g/mol. The van der Waals surface area contributed by atoms with Crippen LogP contribution in [0, 0.1) is 6.92 Å². The Balaban J connectivity index is 1.32. The number of morpholine rings is 1. The molecular weight excluding hydrogens is 576 g/mol. The highest BCUT2D eigenvalue weighted by molar-refractivity contribution is 6.32. The normalized spacial score (nSPS) is 15.6. The van der Waals surface area contributed by atoms with Gasteiger partial charge in [-0.3, -0.25) is 15.0 Å². The highest BCUT2D eigenvalue weighted by Gasteiger charge is 2.19. The highest BCUT2D eigenvalue weighted by Crippen LogP contribution is 2.37. The van der Waals surface area contributed by atoms with Crippen molar-refractivity contribution in [2.75, 3.05) is 59.3 Å². The summed E-state index contributed by atoms with van der Waals surface area (Å²) in [5, 5.41) is 22.0. The summed E-state index contributed by atoms with van der Waals surface area (Å²) in [6.45, 7) is 7.22. The van der Waals surface area contributed by atoms with Gasteiger partial charge in [0.15, 0.2) is 11.5 Å². The van der Waals surface area contributed by atoms with Crippen LogP contribution < -0.4 is 24.3 Å². The minimum absolute atomic E-state index is 0.140. The maximum absolute atomic E-state index is 11.4. The Labute approximate surface area is 256 Å². The average molecular weight is 613 g/mol. The fraction of sp³-hybridized carbons (Fsp3) is 0.406. The van der Waals surface area contributed by atoms with E-state index in [1.54, 1.807) is 12.1 Å². The van der Waals surface area contributed by atoms with Crippen molar-refractivity contribution in [1.82, 2.24) is 10.2 Å². The Morgan fingerprint density at radius 3 is 2.56 bits per heavy atom. The van der Waals surface area contributed by atoms with Crippen LogP contribution in [0.1, 0.15) is 16.7 Å². The van der Waals surface area contributed by atoms with Gasteiger partial charge >= 0.3 is 5.97 Å². The Hall–Kier alpha value is -3.54. The van der Waals surface area contributed by atoms with Crippen LogP contribution in [0.25, 0.3) is 11.1 Å². The summed E-state index contributed by atoms with van der Waals surface area (Å²) in [4.78, 5) is 13.7. The van der Waals surface area contributed by atoms with Gasteiger partial charge in [-0.2, -0.15) is 0 Å². The van der Waals surface area contributed by atoms with E-state index in [2.05, 4.69) is 23.2 Å². The summed E-state index contributed by atoms with van der Waals surface area (Å²) in [7, 11) is 0. The van der Waals surface area contributed by atoms with Crippen molar-refractivity contribution in [3.8, 4) is 34.1 Å². The molecule has 2 aliphatic heterocycles. The first-order valence-corrected chi connectivity index (χ1v) is 14.7. The summed E-state index contributed by atoms with van der Waals surface area (Å²) in [6.07, 6.45) is 0. The zero-order valence-corrected chi connectivity index (χ0v) is 24.9. The van der Waals surface area contributed by atoms with Crippen molar-refractivity contribution < 1.29 is 38.7 Å². The lowest BCUT2D eigenvalue weighted by Gasteiger charge is -2.26. The molecule has 0 bridgehead atoms. The first kappa shape index (κ1) is 30.9. The van der Waals surface area contributed by atoms with E-state index < -0.39 is 18.6 Å². The molecule has 1 saturated heterocycles. The molecule has 0 radical (unpaired) electrons. The Kier molecular flexibility index (Phi) is 10.6. The van der Waals surface area contributed by atoms with Crippen molar-refractivity contribution in [3.63, 3.8) is 0 Å².